The SMILES string of the molecule is COCCOC(=O)C1=C(C)NC(C)=C(C(=O)OC(C)C)C1c1cccc(C#N)c1. The smallest absolute Gasteiger partial charge is 0.337 e. The van der Waals surface area contributed by atoms with Crippen molar-refractivity contribution in [2.45, 2.75) is 39.7 Å². The molecule has 1 N–H and O–H groups in total. The van der Waals surface area contributed by atoms with Crippen molar-refractivity contribution in [2.75, 3.05) is 20.3 Å². The highest BCUT2D eigenvalue weighted by molar-refractivity contribution is 6.00. The number of hydrogen-bond donors (Lipinski definition) is 1. The van der Waals surface area contributed by atoms with Crippen molar-refractivity contribution >= 4 is 11.9 Å². The minimum absolute atomic E-state index is 0.0888. The van der Waals surface area contributed by atoms with E-state index in [2.05, 4.69) is 11.4 Å². The molecule has 1 aromatic rings. The topological polar surface area (TPSA) is 97.7 Å². The van der Waals surface area contributed by atoms with Crippen molar-refractivity contribution in [3.63, 3.8) is 0 Å². The average Bonchev–Trinajstić information content (AvgIpc) is 2.66. The monoisotopic (exact) mass is 398 g/mol. The molecule has 1 aliphatic rings. The summed E-state index contributed by atoms with van der Waals surface area (Å²) in [6.45, 7) is 7.38. The molecule has 0 spiro atoms. The van der Waals surface area contributed by atoms with E-state index in [-0.39, 0.29) is 19.3 Å². The first-order chi connectivity index (χ1) is 13.8. The lowest BCUT2D eigenvalue weighted by Gasteiger charge is -2.31. The van der Waals surface area contributed by atoms with Crippen molar-refractivity contribution in [3.05, 3.63) is 57.9 Å². The number of carbonyl (C=O) groups is 2. The van der Waals surface area contributed by atoms with E-state index in [1.807, 2.05) is 0 Å². The Morgan fingerprint density at radius 2 is 1.79 bits per heavy atom. The summed E-state index contributed by atoms with van der Waals surface area (Å²) in [4.78, 5) is 25.8. The quantitative estimate of drug-likeness (QED) is 0.557. The summed E-state index contributed by atoms with van der Waals surface area (Å²) in [5.74, 6) is -1.79. The van der Waals surface area contributed by atoms with Crippen LogP contribution in [0.5, 0.6) is 0 Å². The zero-order valence-corrected chi connectivity index (χ0v) is 17.4. The largest absolute Gasteiger partial charge is 0.460 e. The van der Waals surface area contributed by atoms with Crippen molar-refractivity contribution in [2.24, 2.45) is 0 Å². The molecule has 1 aliphatic heterocycles. The molecular formula is C22H26N2O5. The van der Waals surface area contributed by atoms with E-state index in [9.17, 15) is 14.9 Å². The fourth-order valence-electron chi connectivity index (χ4n) is 3.23. The van der Waals surface area contributed by atoms with Gasteiger partial charge in [0, 0.05) is 18.5 Å². The van der Waals surface area contributed by atoms with Gasteiger partial charge in [0.15, 0.2) is 0 Å². The molecule has 1 heterocycles. The predicted molar refractivity (Wildman–Crippen MR) is 106 cm³/mol. The van der Waals surface area contributed by atoms with Crippen LogP contribution in [0.2, 0.25) is 0 Å². The summed E-state index contributed by atoms with van der Waals surface area (Å²) in [5, 5.41) is 12.4. The maximum Gasteiger partial charge on any atom is 0.337 e. The van der Waals surface area contributed by atoms with Gasteiger partial charge >= 0.3 is 11.9 Å². The van der Waals surface area contributed by atoms with Gasteiger partial charge in [-0.2, -0.15) is 5.26 Å². The lowest BCUT2D eigenvalue weighted by Crippen LogP contribution is -2.33. The van der Waals surface area contributed by atoms with Gasteiger partial charge in [0.25, 0.3) is 0 Å². The van der Waals surface area contributed by atoms with E-state index >= 15 is 0 Å². The molecule has 29 heavy (non-hydrogen) atoms. The maximum absolute atomic E-state index is 12.9. The van der Waals surface area contributed by atoms with Crippen molar-refractivity contribution in [3.8, 4) is 6.07 Å². The van der Waals surface area contributed by atoms with Crippen LogP contribution >= 0.6 is 0 Å². The van der Waals surface area contributed by atoms with Gasteiger partial charge in [-0.1, -0.05) is 12.1 Å². The molecule has 2 rings (SSSR count). The minimum Gasteiger partial charge on any atom is -0.460 e. The minimum atomic E-state index is -0.717. The number of hydrogen-bond acceptors (Lipinski definition) is 7. The number of methoxy groups -OCH3 is 1. The van der Waals surface area contributed by atoms with E-state index in [1.54, 1.807) is 52.0 Å². The second-order valence-corrected chi connectivity index (χ2v) is 6.96. The lowest BCUT2D eigenvalue weighted by molar-refractivity contribution is -0.143. The molecule has 0 aliphatic carbocycles. The molecule has 1 atom stereocenters. The third-order valence-electron chi connectivity index (χ3n) is 4.41. The number of nitrogens with one attached hydrogen (secondary N) is 1. The number of ether oxygens (including phenoxy) is 3. The van der Waals surface area contributed by atoms with Gasteiger partial charge in [-0.3, -0.25) is 0 Å². The first kappa shape index (κ1) is 22.2. The third kappa shape index (κ3) is 5.24. The Balaban J connectivity index is 2.58. The Bertz CT molecular complexity index is 893. The zero-order chi connectivity index (χ0) is 21.6. The van der Waals surface area contributed by atoms with Crippen LogP contribution in [-0.2, 0) is 23.8 Å². The normalized spacial score (nSPS) is 16.4. The van der Waals surface area contributed by atoms with Crippen LogP contribution in [0.4, 0.5) is 0 Å². The zero-order valence-electron chi connectivity index (χ0n) is 17.4. The molecule has 0 saturated heterocycles. The Kier molecular flexibility index (Phi) is 7.57. The standard InChI is InChI=1S/C22H26N2O5/c1-13(2)29-22(26)19-15(4)24-14(3)18(21(25)28-10-9-27-5)20(19)17-8-6-7-16(11-17)12-23/h6-8,11,13,20,24H,9-10H2,1-5H3. The second kappa shape index (κ2) is 9.89. The predicted octanol–water partition coefficient (Wildman–Crippen LogP) is 2.93. The van der Waals surface area contributed by atoms with Crippen LogP contribution in [0.25, 0.3) is 0 Å². The van der Waals surface area contributed by atoms with Gasteiger partial charge < -0.3 is 19.5 Å². The van der Waals surface area contributed by atoms with Gasteiger partial charge in [0.05, 0.1) is 41.4 Å². The highest BCUT2D eigenvalue weighted by Crippen LogP contribution is 2.39. The average molecular weight is 398 g/mol. The summed E-state index contributed by atoms with van der Waals surface area (Å²) in [6.07, 6.45) is -0.321. The summed E-state index contributed by atoms with van der Waals surface area (Å²) < 4.78 is 15.7. The molecule has 1 unspecified atom stereocenters. The molecule has 0 amide bonds. The summed E-state index contributed by atoms with van der Waals surface area (Å²) in [7, 11) is 1.52. The van der Waals surface area contributed by atoms with Crippen molar-refractivity contribution in [1.29, 1.82) is 5.26 Å². The number of nitriles is 1. The van der Waals surface area contributed by atoms with Crippen LogP contribution in [0.1, 0.15) is 44.7 Å². The van der Waals surface area contributed by atoms with Crippen molar-refractivity contribution < 1.29 is 23.8 Å². The number of esters is 2. The molecule has 0 saturated carbocycles. The fraction of sp³-hybridized carbons (Fsp3) is 0.409. The van der Waals surface area contributed by atoms with E-state index in [0.717, 1.165) is 0 Å². The van der Waals surface area contributed by atoms with Crippen LogP contribution in [-0.4, -0.2) is 38.4 Å². The van der Waals surface area contributed by atoms with Crippen LogP contribution in [0, 0.1) is 11.3 Å². The Hall–Kier alpha value is -3.11. The first-order valence-corrected chi connectivity index (χ1v) is 9.35. The third-order valence-corrected chi connectivity index (χ3v) is 4.41. The molecule has 0 fully saturated rings. The Morgan fingerprint density at radius 3 is 2.38 bits per heavy atom. The fourth-order valence-corrected chi connectivity index (χ4v) is 3.23. The summed E-state index contributed by atoms with van der Waals surface area (Å²) >= 11 is 0. The van der Waals surface area contributed by atoms with Crippen LogP contribution in [0.15, 0.2) is 46.8 Å². The Labute approximate surface area is 170 Å². The molecule has 0 radical (unpaired) electrons. The van der Waals surface area contributed by atoms with Crippen molar-refractivity contribution in [1.82, 2.24) is 5.32 Å². The number of rotatable bonds is 7. The molecule has 0 aromatic heterocycles. The molecule has 7 nitrogen and oxygen atoms in total. The second-order valence-electron chi connectivity index (χ2n) is 6.96. The highest BCUT2D eigenvalue weighted by Gasteiger charge is 2.38. The summed E-state index contributed by atoms with van der Waals surface area (Å²) in [6, 6.07) is 8.93. The Morgan fingerprint density at radius 1 is 1.14 bits per heavy atom. The molecule has 7 heteroatoms. The first-order valence-electron chi connectivity index (χ1n) is 9.35. The van der Waals surface area contributed by atoms with E-state index < -0.39 is 17.9 Å². The summed E-state index contributed by atoms with van der Waals surface area (Å²) in [5.41, 5.74) is 2.86. The number of allylic oxidation sites excluding steroid dienone is 2. The van der Waals surface area contributed by atoms with Crippen LogP contribution < -0.4 is 5.32 Å². The van der Waals surface area contributed by atoms with Gasteiger partial charge in [-0.05, 0) is 45.4 Å². The van der Waals surface area contributed by atoms with Gasteiger partial charge in [0.2, 0.25) is 0 Å². The van der Waals surface area contributed by atoms with E-state index in [4.69, 9.17) is 14.2 Å². The number of benzene rings is 1. The number of dihydropyridines is 1. The molecule has 0 bridgehead atoms. The lowest BCUT2D eigenvalue weighted by atomic mass is 9.80. The highest BCUT2D eigenvalue weighted by atomic mass is 16.6. The van der Waals surface area contributed by atoms with E-state index in [1.165, 1.54) is 7.11 Å². The molecule has 154 valence electrons. The van der Waals surface area contributed by atoms with Gasteiger partial charge in [-0.25, -0.2) is 9.59 Å². The number of nitrogens with zero attached hydrogens (tertiary/aromatic N) is 1. The van der Waals surface area contributed by atoms with E-state index in [0.29, 0.717) is 33.7 Å². The number of carbonyl (C=O) groups excluding carboxylic acids is 2. The van der Waals surface area contributed by atoms with Gasteiger partial charge in [0.1, 0.15) is 6.61 Å². The molecular weight excluding hydrogens is 372 g/mol. The van der Waals surface area contributed by atoms with Crippen LogP contribution in [0.3, 0.4) is 0 Å². The van der Waals surface area contributed by atoms with Gasteiger partial charge in [-0.15, -0.1) is 0 Å². The maximum atomic E-state index is 12.9. The molecule has 1 aromatic carbocycles.